The van der Waals surface area contributed by atoms with Gasteiger partial charge in [-0.25, -0.2) is 0 Å². The van der Waals surface area contributed by atoms with Gasteiger partial charge in [0, 0.05) is 41.4 Å². The number of rotatable bonds is 4. The molecule has 1 heterocycles. The molecule has 104 valence electrons. The summed E-state index contributed by atoms with van der Waals surface area (Å²) in [5.74, 6) is 0.428. The maximum Gasteiger partial charge on any atom is 0.259 e. The maximum absolute atomic E-state index is 12.3. The minimum Gasteiger partial charge on any atom is -0.497 e. The lowest BCUT2D eigenvalue weighted by molar-refractivity contribution is 0.102. The number of amides is 1. The van der Waals surface area contributed by atoms with Crippen LogP contribution in [-0.4, -0.2) is 25.0 Å². The number of ether oxygens (including phenoxy) is 1. The molecule has 0 spiro atoms. The second kappa shape index (κ2) is 6.38. The molecule has 0 radical (unpaired) electrons. The molecule has 5 nitrogen and oxygen atoms in total. The van der Waals surface area contributed by atoms with Gasteiger partial charge in [0.1, 0.15) is 5.75 Å². The van der Waals surface area contributed by atoms with Crippen LogP contribution in [0.5, 0.6) is 5.75 Å². The van der Waals surface area contributed by atoms with E-state index >= 15 is 0 Å². The zero-order valence-corrected chi connectivity index (χ0v) is 12.7. The highest BCUT2D eigenvalue weighted by molar-refractivity contribution is 9.10. The molecule has 2 aromatic rings. The molecule has 20 heavy (non-hydrogen) atoms. The Morgan fingerprint density at radius 1 is 1.35 bits per heavy atom. The van der Waals surface area contributed by atoms with E-state index in [2.05, 4.69) is 31.5 Å². The second-order valence-corrected chi connectivity index (χ2v) is 4.92. The number of carbonyl (C=O) groups excluding carboxylic acids is 1. The van der Waals surface area contributed by atoms with E-state index < -0.39 is 0 Å². The minimum atomic E-state index is -0.234. The normalized spacial score (nSPS) is 9.95. The number of methoxy groups -OCH3 is 1. The van der Waals surface area contributed by atoms with Crippen molar-refractivity contribution in [2.45, 2.75) is 0 Å². The molecule has 0 aliphatic rings. The highest BCUT2D eigenvalue weighted by atomic mass is 79.9. The molecule has 2 N–H and O–H groups in total. The lowest BCUT2D eigenvalue weighted by atomic mass is 10.2. The third-order valence-electron chi connectivity index (χ3n) is 2.70. The number of pyridine rings is 1. The van der Waals surface area contributed by atoms with Gasteiger partial charge < -0.3 is 15.4 Å². The number of hydrogen-bond acceptors (Lipinski definition) is 4. The van der Waals surface area contributed by atoms with Crippen molar-refractivity contribution in [3.05, 3.63) is 46.7 Å². The van der Waals surface area contributed by atoms with Gasteiger partial charge in [0.05, 0.1) is 12.7 Å². The Morgan fingerprint density at radius 3 is 2.85 bits per heavy atom. The predicted molar refractivity (Wildman–Crippen MR) is 82.4 cm³/mol. The Kier molecular flexibility index (Phi) is 4.57. The van der Waals surface area contributed by atoms with Crippen molar-refractivity contribution < 1.29 is 9.53 Å². The standard InChI is InChI=1S/C14H14BrN3O2/c1-16-13-3-4-17-8-12(13)14(19)18-10-5-9(15)6-11(7-10)20-2/h3-8H,1-2H3,(H,16,17)(H,18,19). The third-order valence-corrected chi connectivity index (χ3v) is 3.16. The van der Waals surface area contributed by atoms with Crippen LogP contribution in [0.3, 0.4) is 0 Å². The van der Waals surface area contributed by atoms with Crippen LogP contribution in [0.2, 0.25) is 0 Å². The van der Waals surface area contributed by atoms with Gasteiger partial charge in [-0.15, -0.1) is 0 Å². The van der Waals surface area contributed by atoms with E-state index in [9.17, 15) is 4.79 Å². The van der Waals surface area contributed by atoms with Gasteiger partial charge in [-0.05, 0) is 18.2 Å². The topological polar surface area (TPSA) is 63.2 Å². The van der Waals surface area contributed by atoms with Gasteiger partial charge in [0.25, 0.3) is 5.91 Å². The maximum atomic E-state index is 12.3. The van der Waals surface area contributed by atoms with Crippen LogP contribution in [-0.2, 0) is 0 Å². The summed E-state index contributed by atoms with van der Waals surface area (Å²) < 4.78 is 5.99. The molecule has 0 aliphatic heterocycles. The summed E-state index contributed by atoms with van der Waals surface area (Å²) in [7, 11) is 3.34. The Balaban J connectivity index is 2.25. The quantitative estimate of drug-likeness (QED) is 0.900. The van der Waals surface area contributed by atoms with Gasteiger partial charge in [-0.1, -0.05) is 15.9 Å². The summed E-state index contributed by atoms with van der Waals surface area (Å²) in [4.78, 5) is 16.2. The third kappa shape index (κ3) is 3.27. The summed E-state index contributed by atoms with van der Waals surface area (Å²) >= 11 is 3.37. The average Bonchev–Trinajstić information content (AvgIpc) is 2.46. The van der Waals surface area contributed by atoms with Crippen molar-refractivity contribution in [1.29, 1.82) is 0 Å². The first-order valence-electron chi connectivity index (χ1n) is 5.91. The molecule has 0 saturated heterocycles. The fourth-order valence-corrected chi connectivity index (χ4v) is 2.22. The Labute approximate surface area is 125 Å². The van der Waals surface area contributed by atoms with Crippen LogP contribution in [0.15, 0.2) is 41.1 Å². The Hall–Kier alpha value is -2.08. The summed E-state index contributed by atoms with van der Waals surface area (Å²) in [6.45, 7) is 0. The number of benzene rings is 1. The number of anilines is 2. The average molecular weight is 336 g/mol. The lowest BCUT2D eigenvalue weighted by Crippen LogP contribution is -2.14. The molecule has 0 fully saturated rings. The summed E-state index contributed by atoms with van der Waals surface area (Å²) in [5, 5.41) is 5.78. The van der Waals surface area contributed by atoms with Crippen molar-refractivity contribution in [2.75, 3.05) is 24.8 Å². The molecule has 0 unspecified atom stereocenters. The van der Waals surface area contributed by atoms with Crippen molar-refractivity contribution in [1.82, 2.24) is 4.98 Å². The van der Waals surface area contributed by atoms with E-state index in [-0.39, 0.29) is 5.91 Å². The van der Waals surface area contributed by atoms with E-state index in [0.29, 0.717) is 17.0 Å². The Morgan fingerprint density at radius 2 is 2.15 bits per heavy atom. The molecular formula is C14H14BrN3O2. The highest BCUT2D eigenvalue weighted by Crippen LogP contribution is 2.25. The van der Waals surface area contributed by atoms with Crippen LogP contribution in [0.4, 0.5) is 11.4 Å². The van der Waals surface area contributed by atoms with E-state index in [1.54, 1.807) is 38.6 Å². The van der Waals surface area contributed by atoms with Gasteiger partial charge in [0.2, 0.25) is 0 Å². The van der Waals surface area contributed by atoms with E-state index in [0.717, 1.165) is 10.2 Å². The fourth-order valence-electron chi connectivity index (χ4n) is 1.74. The Bertz CT molecular complexity index is 632. The van der Waals surface area contributed by atoms with Crippen molar-refractivity contribution in [3.8, 4) is 5.75 Å². The van der Waals surface area contributed by atoms with E-state index in [1.807, 2.05) is 6.07 Å². The number of hydrogen-bond donors (Lipinski definition) is 2. The molecule has 0 atom stereocenters. The van der Waals surface area contributed by atoms with E-state index in [1.165, 1.54) is 6.20 Å². The number of halogens is 1. The number of nitrogens with zero attached hydrogens (tertiary/aromatic N) is 1. The SMILES string of the molecule is CNc1ccncc1C(=O)Nc1cc(Br)cc(OC)c1. The first-order valence-corrected chi connectivity index (χ1v) is 6.71. The first kappa shape index (κ1) is 14.3. The van der Waals surface area contributed by atoms with Crippen molar-refractivity contribution in [3.63, 3.8) is 0 Å². The lowest BCUT2D eigenvalue weighted by Gasteiger charge is -2.10. The van der Waals surface area contributed by atoms with Crippen molar-refractivity contribution >= 4 is 33.2 Å². The number of nitrogens with one attached hydrogen (secondary N) is 2. The zero-order valence-electron chi connectivity index (χ0n) is 11.1. The number of aromatic nitrogens is 1. The van der Waals surface area contributed by atoms with Crippen LogP contribution < -0.4 is 15.4 Å². The van der Waals surface area contributed by atoms with Crippen LogP contribution >= 0.6 is 15.9 Å². The van der Waals surface area contributed by atoms with Crippen LogP contribution in [0.25, 0.3) is 0 Å². The molecule has 0 aliphatic carbocycles. The minimum absolute atomic E-state index is 0.234. The van der Waals surface area contributed by atoms with Gasteiger partial charge >= 0.3 is 0 Å². The molecule has 6 heteroatoms. The molecule has 0 saturated carbocycles. The van der Waals surface area contributed by atoms with Gasteiger partial charge in [-0.2, -0.15) is 0 Å². The summed E-state index contributed by atoms with van der Waals surface area (Å²) in [6, 6.07) is 7.11. The smallest absolute Gasteiger partial charge is 0.259 e. The predicted octanol–water partition coefficient (Wildman–Crippen LogP) is 3.15. The van der Waals surface area contributed by atoms with Gasteiger partial charge in [-0.3, -0.25) is 9.78 Å². The second-order valence-electron chi connectivity index (χ2n) is 4.01. The van der Waals surface area contributed by atoms with E-state index in [4.69, 9.17) is 4.74 Å². The molecule has 1 amide bonds. The van der Waals surface area contributed by atoms with Crippen LogP contribution in [0, 0.1) is 0 Å². The largest absolute Gasteiger partial charge is 0.497 e. The highest BCUT2D eigenvalue weighted by Gasteiger charge is 2.11. The molecule has 0 bridgehead atoms. The summed E-state index contributed by atoms with van der Waals surface area (Å²) in [5.41, 5.74) is 1.85. The zero-order chi connectivity index (χ0) is 14.5. The monoisotopic (exact) mass is 335 g/mol. The molecule has 1 aromatic carbocycles. The van der Waals surface area contributed by atoms with Gasteiger partial charge in [0.15, 0.2) is 0 Å². The van der Waals surface area contributed by atoms with Crippen LogP contribution in [0.1, 0.15) is 10.4 Å². The number of carbonyl (C=O) groups is 1. The molecule has 1 aromatic heterocycles. The van der Waals surface area contributed by atoms with Crippen molar-refractivity contribution in [2.24, 2.45) is 0 Å². The first-order chi connectivity index (χ1) is 9.63. The fraction of sp³-hybridized carbons (Fsp3) is 0.143. The molecule has 2 rings (SSSR count). The molecular weight excluding hydrogens is 322 g/mol. The summed E-state index contributed by atoms with van der Waals surface area (Å²) in [6.07, 6.45) is 3.15.